The molecule has 3 amide bonds. The average molecular weight is 424 g/mol. The van der Waals surface area contributed by atoms with Gasteiger partial charge in [-0.25, -0.2) is 0 Å². The van der Waals surface area contributed by atoms with Crippen LogP contribution in [0.25, 0.3) is 0 Å². The first-order valence-corrected chi connectivity index (χ1v) is 9.98. The Morgan fingerprint density at radius 1 is 1.17 bits per heavy atom. The topological polar surface area (TPSA) is 81.8 Å². The molecule has 3 aliphatic heterocycles. The fourth-order valence-electron chi connectivity index (χ4n) is 4.44. The molecule has 4 rings (SSSR count). The molecule has 162 valence electrons. The number of rotatable bonds is 4. The van der Waals surface area contributed by atoms with Crippen molar-refractivity contribution in [1.82, 2.24) is 20.4 Å². The van der Waals surface area contributed by atoms with E-state index < -0.39 is 30.6 Å². The first kappa shape index (κ1) is 20.8. The van der Waals surface area contributed by atoms with Crippen molar-refractivity contribution in [3.8, 4) is 0 Å². The van der Waals surface area contributed by atoms with E-state index in [0.29, 0.717) is 38.2 Å². The van der Waals surface area contributed by atoms with Crippen LogP contribution < -0.4 is 10.6 Å². The molecule has 2 N–H and O–H groups in total. The molecule has 3 aliphatic rings. The lowest BCUT2D eigenvalue weighted by molar-refractivity contribution is -0.142. The third-order valence-corrected chi connectivity index (χ3v) is 5.81. The van der Waals surface area contributed by atoms with E-state index in [2.05, 4.69) is 10.6 Å². The van der Waals surface area contributed by atoms with Crippen molar-refractivity contribution in [3.05, 3.63) is 34.9 Å². The van der Waals surface area contributed by atoms with E-state index in [1.54, 1.807) is 6.07 Å². The van der Waals surface area contributed by atoms with Gasteiger partial charge in [-0.2, -0.15) is 13.2 Å². The van der Waals surface area contributed by atoms with Crippen molar-refractivity contribution in [2.24, 2.45) is 0 Å². The van der Waals surface area contributed by atoms with Crippen molar-refractivity contribution < 1.29 is 27.6 Å². The normalized spacial score (nSPS) is 25.4. The van der Waals surface area contributed by atoms with Crippen LogP contribution in [0.5, 0.6) is 0 Å². The lowest BCUT2D eigenvalue weighted by Gasteiger charge is -2.34. The Hall–Kier alpha value is -2.46. The molecule has 0 spiro atoms. The molecular formula is C20H23F3N4O3. The van der Waals surface area contributed by atoms with Crippen LogP contribution in [-0.2, 0) is 22.7 Å². The monoisotopic (exact) mass is 424 g/mol. The molecule has 30 heavy (non-hydrogen) atoms. The Kier molecular flexibility index (Phi) is 5.54. The van der Waals surface area contributed by atoms with Crippen molar-refractivity contribution in [1.29, 1.82) is 0 Å². The minimum atomic E-state index is -4.20. The zero-order valence-electron chi connectivity index (χ0n) is 16.3. The van der Waals surface area contributed by atoms with Crippen molar-refractivity contribution in [2.75, 3.05) is 19.6 Å². The smallest absolute Gasteiger partial charge is 0.322 e. The highest BCUT2D eigenvalue weighted by Crippen LogP contribution is 2.29. The predicted octanol–water partition coefficient (Wildman–Crippen LogP) is 1.17. The highest BCUT2D eigenvalue weighted by Gasteiger charge is 2.39. The van der Waals surface area contributed by atoms with Gasteiger partial charge in [0.25, 0.3) is 5.91 Å². The van der Waals surface area contributed by atoms with Gasteiger partial charge in [0, 0.05) is 50.7 Å². The number of benzene rings is 1. The van der Waals surface area contributed by atoms with Crippen LogP contribution in [0, 0.1) is 0 Å². The van der Waals surface area contributed by atoms with E-state index in [4.69, 9.17) is 0 Å². The second-order valence-electron chi connectivity index (χ2n) is 8.10. The number of nitrogens with one attached hydrogen (secondary N) is 2. The van der Waals surface area contributed by atoms with Crippen LogP contribution in [0.1, 0.15) is 40.7 Å². The maximum absolute atomic E-state index is 12.7. The lowest BCUT2D eigenvalue weighted by atomic mass is 10.0. The number of hydrogen-bond acceptors (Lipinski definition) is 5. The summed E-state index contributed by atoms with van der Waals surface area (Å²) in [6, 6.07) is 4.12. The maximum atomic E-state index is 12.7. The molecule has 2 atom stereocenters. The van der Waals surface area contributed by atoms with Crippen LogP contribution in [-0.4, -0.2) is 65.4 Å². The molecule has 7 nitrogen and oxygen atoms in total. The van der Waals surface area contributed by atoms with E-state index in [9.17, 15) is 27.6 Å². The molecule has 0 aliphatic carbocycles. The minimum absolute atomic E-state index is 0.198. The van der Waals surface area contributed by atoms with Gasteiger partial charge < -0.3 is 10.2 Å². The van der Waals surface area contributed by atoms with Crippen LogP contribution in [0.2, 0.25) is 0 Å². The fraction of sp³-hybridized carbons (Fsp3) is 0.550. The number of carbonyl (C=O) groups excluding carboxylic acids is 3. The molecular weight excluding hydrogens is 401 g/mol. The number of piperidine rings is 1. The molecule has 0 saturated carbocycles. The van der Waals surface area contributed by atoms with E-state index in [1.165, 1.54) is 4.90 Å². The zero-order valence-corrected chi connectivity index (χ0v) is 16.3. The first-order chi connectivity index (χ1) is 14.2. The highest BCUT2D eigenvalue weighted by atomic mass is 19.4. The summed E-state index contributed by atoms with van der Waals surface area (Å²) in [6.07, 6.45) is -4.56. The maximum Gasteiger partial charge on any atom is 0.390 e. The number of fused-ring (bicyclic) bond motifs is 1. The van der Waals surface area contributed by atoms with E-state index >= 15 is 0 Å². The number of carbonyl (C=O) groups is 3. The van der Waals surface area contributed by atoms with Gasteiger partial charge in [-0.05, 0) is 23.6 Å². The van der Waals surface area contributed by atoms with E-state index in [-0.39, 0.29) is 24.8 Å². The van der Waals surface area contributed by atoms with Crippen LogP contribution >= 0.6 is 0 Å². The second kappa shape index (κ2) is 7.99. The van der Waals surface area contributed by atoms with Crippen LogP contribution in [0.4, 0.5) is 13.2 Å². The van der Waals surface area contributed by atoms with Gasteiger partial charge in [0.15, 0.2) is 0 Å². The number of alkyl halides is 3. The van der Waals surface area contributed by atoms with Crippen LogP contribution in [0.15, 0.2) is 18.2 Å². The molecule has 0 bridgehead atoms. The number of hydrogen-bond donors (Lipinski definition) is 2. The second-order valence-corrected chi connectivity index (χ2v) is 8.10. The van der Waals surface area contributed by atoms with Crippen molar-refractivity contribution >= 4 is 17.7 Å². The number of piperazine rings is 1. The first-order valence-electron chi connectivity index (χ1n) is 9.98. The van der Waals surface area contributed by atoms with Crippen LogP contribution in [0.3, 0.4) is 0 Å². The summed E-state index contributed by atoms with van der Waals surface area (Å²) < 4.78 is 38.0. The van der Waals surface area contributed by atoms with Crippen molar-refractivity contribution in [3.63, 3.8) is 0 Å². The number of nitrogens with zero attached hydrogens (tertiary/aromatic N) is 2. The summed E-state index contributed by atoms with van der Waals surface area (Å²) in [4.78, 5) is 39.7. The molecule has 1 aromatic rings. The van der Waals surface area contributed by atoms with Crippen molar-refractivity contribution in [2.45, 2.75) is 50.6 Å². The number of halogens is 3. The summed E-state index contributed by atoms with van der Waals surface area (Å²) in [5, 5.41) is 5.19. The SMILES string of the molecule is O=C1CCC(N2Cc3cc(CN4CCNC(CC(F)(F)F)C4)ccc3C2=O)C(=O)N1. The molecule has 3 heterocycles. The fourth-order valence-corrected chi connectivity index (χ4v) is 4.44. The summed E-state index contributed by atoms with van der Waals surface area (Å²) in [7, 11) is 0. The van der Waals surface area contributed by atoms with Gasteiger partial charge >= 0.3 is 6.18 Å². The van der Waals surface area contributed by atoms with Gasteiger partial charge in [0.05, 0.1) is 6.42 Å². The zero-order chi connectivity index (χ0) is 21.5. The third-order valence-electron chi connectivity index (χ3n) is 5.81. The average Bonchev–Trinajstić information content (AvgIpc) is 2.96. The summed E-state index contributed by atoms with van der Waals surface area (Å²) in [5.74, 6) is -1.02. The molecule has 1 aromatic carbocycles. The Morgan fingerprint density at radius 2 is 1.97 bits per heavy atom. The number of imide groups is 1. The molecule has 10 heteroatoms. The Labute approximate surface area is 171 Å². The molecule has 0 aromatic heterocycles. The quantitative estimate of drug-likeness (QED) is 0.710. The van der Waals surface area contributed by atoms with Gasteiger partial charge in [-0.1, -0.05) is 12.1 Å². The molecule has 2 unspecified atom stereocenters. The summed E-state index contributed by atoms with van der Waals surface area (Å²) in [5.41, 5.74) is 2.24. The molecule has 2 saturated heterocycles. The summed E-state index contributed by atoms with van der Waals surface area (Å²) >= 11 is 0. The Bertz CT molecular complexity index is 873. The molecule has 2 fully saturated rings. The Balaban J connectivity index is 1.42. The van der Waals surface area contributed by atoms with Gasteiger partial charge in [0.1, 0.15) is 6.04 Å². The predicted molar refractivity (Wildman–Crippen MR) is 100 cm³/mol. The number of amides is 3. The van der Waals surface area contributed by atoms with E-state index in [1.807, 2.05) is 17.0 Å². The highest BCUT2D eigenvalue weighted by molar-refractivity contribution is 6.05. The third kappa shape index (κ3) is 4.49. The molecule has 0 radical (unpaired) electrons. The van der Waals surface area contributed by atoms with E-state index in [0.717, 1.165) is 11.1 Å². The standard InChI is InChI=1S/C20H23F3N4O3/c21-20(22,23)8-14-11-26(6-5-24-14)9-12-1-2-15-13(7-12)10-27(19(15)30)16-3-4-17(28)25-18(16)29/h1-2,7,14,16,24H,3-6,8-11H2,(H,25,28,29). The lowest BCUT2D eigenvalue weighted by Crippen LogP contribution is -2.52. The minimum Gasteiger partial charge on any atom is -0.322 e. The van der Waals surface area contributed by atoms with Gasteiger partial charge in [0.2, 0.25) is 11.8 Å². The summed E-state index contributed by atoms with van der Waals surface area (Å²) in [6.45, 7) is 2.22. The largest absolute Gasteiger partial charge is 0.390 e. The Morgan fingerprint density at radius 3 is 2.70 bits per heavy atom. The van der Waals surface area contributed by atoms with Gasteiger partial charge in [-0.3, -0.25) is 24.6 Å². The van der Waals surface area contributed by atoms with Gasteiger partial charge in [-0.15, -0.1) is 0 Å².